The number of ketones is 1. The maximum absolute atomic E-state index is 15.1. The summed E-state index contributed by atoms with van der Waals surface area (Å²) in [5.74, 6) is -8.77. The largest absolute Gasteiger partial charge is 0.367 e. The Hall–Kier alpha value is -3.21. The highest BCUT2D eigenvalue weighted by Crippen LogP contribution is 2.38. The van der Waals surface area contributed by atoms with E-state index in [0.717, 1.165) is 18.2 Å². The molecular formula is C13H8FN3O7. The van der Waals surface area contributed by atoms with Crippen molar-refractivity contribution in [2.75, 3.05) is 0 Å². The minimum Gasteiger partial charge on any atom is -0.367 e. The molecule has 0 saturated carbocycles. The molecule has 3 rings (SSSR count). The monoisotopic (exact) mass is 337 g/mol. The smallest absolute Gasteiger partial charge is 0.282 e. The van der Waals surface area contributed by atoms with Crippen molar-refractivity contribution < 1.29 is 33.6 Å². The first-order valence-electron chi connectivity index (χ1n) is 6.55. The number of Topliss-reactive ketones (excluding diaryl/α,β-unsaturated/α-hetero) is 1. The highest BCUT2D eigenvalue weighted by Gasteiger charge is 2.59. The second-order valence-electron chi connectivity index (χ2n) is 5.18. The van der Waals surface area contributed by atoms with E-state index in [4.69, 9.17) is 0 Å². The first-order valence-corrected chi connectivity index (χ1v) is 6.55. The molecule has 3 amide bonds. The van der Waals surface area contributed by atoms with Crippen LogP contribution in [0.5, 0.6) is 0 Å². The zero-order valence-corrected chi connectivity index (χ0v) is 11.7. The summed E-state index contributed by atoms with van der Waals surface area (Å²) in [5.41, 5.74) is -1.83. The van der Waals surface area contributed by atoms with Gasteiger partial charge in [0, 0.05) is 6.07 Å². The van der Waals surface area contributed by atoms with Crippen LogP contribution in [0.3, 0.4) is 0 Å². The Balaban J connectivity index is 2.12. The average molecular weight is 337 g/mol. The van der Waals surface area contributed by atoms with Crippen molar-refractivity contribution in [1.82, 2.24) is 10.2 Å². The number of nitro groups is 1. The van der Waals surface area contributed by atoms with Crippen molar-refractivity contribution in [2.24, 2.45) is 0 Å². The number of carbonyl (C=O) groups is 4. The molecule has 0 bridgehead atoms. The number of aliphatic hydroxyl groups excluding tert-OH is 1. The molecule has 0 aliphatic carbocycles. The van der Waals surface area contributed by atoms with E-state index in [9.17, 15) is 34.4 Å². The van der Waals surface area contributed by atoms with Gasteiger partial charge in [-0.1, -0.05) is 6.07 Å². The molecule has 2 unspecified atom stereocenters. The third-order valence-corrected chi connectivity index (χ3v) is 3.77. The van der Waals surface area contributed by atoms with Gasteiger partial charge in [-0.3, -0.25) is 29.3 Å². The lowest BCUT2D eigenvalue weighted by molar-refractivity contribution is -0.385. The summed E-state index contributed by atoms with van der Waals surface area (Å²) in [6.45, 7) is 0. The van der Waals surface area contributed by atoms with Crippen molar-refractivity contribution in [1.29, 1.82) is 0 Å². The molecule has 11 heteroatoms. The molecule has 0 radical (unpaired) electrons. The molecule has 1 aromatic rings. The van der Waals surface area contributed by atoms with E-state index in [1.54, 1.807) is 5.32 Å². The summed E-state index contributed by atoms with van der Waals surface area (Å²) in [6, 6.07) is 3.16. The summed E-state index contributed by atoms with van der Waals surface area (Å²) in [7, 11) is 0. The number of nitro benzene ring substituents is 1. The van der Waals surface area contributed by atoms with Crippen LogP contribution in [0.2, 0.25) is 0 Å². The summed E-state index contributed by atoms with van der Waals surface area (Å²) in [6.07, 6.45) is -3.20. The number of carbonyl (C=O) groups excluding carboxylic acids is 4. The van der Waals surface area contributed by atoms with Gasteiger partial charge in [0.1, 0.15) is 5.56 Å². The number of hydrogen-bond donors (Lipinski definition) is 2. The van der Waals surface area contributed by atoms with Gasteiger partial charge in [-0.25, -0.2) is 9.29 Å². The van der Waals surface area contributed by atoms with Gasteiger partial charge in [-0.2, -0.15) is 0 Å². The molecule has 1 fully saturated rings. The molecule has 10 nitrogen and oxygen atoms in total. The van der Waals surface area contributed by atoms with Crippen LogP contribution in [-0.2, 0) is 9.59 Å². The lowest BCUT2D eigenvalue weighted by atomic mass is 9.99. The first-order chi connectivity index (χ1) is 11.2. The van der Waals surface area contributed by atoms with Gasteiger partial charge in [0.2, 0.25) is 0 Å². The third-order valence-electron chi connectivity index (χ3n) is 3.77. The summed E-state index contributed by atoms with van der Waals surface area (Å²) < 4.78 is 15.1. The zero-order valence-electron chi connectivity index (χ0n) is 11.7. The molecule has 1 aromatic carbocycles. The molecular weight excluding hydrogens is 329 g/mol. The molecule has 2 N–H and O–H groups in total. The predicted molar refractivity (Wildman–Crippen MR) is 71.2 cm³/mol. The van der Waals surface area contributed by atoms with Crippen molar-refractivity contribution in [2.45, 2.75) is 18.4 Å². The summed E-state index contributed by atoms with van der Waals surface area (Å²) in [4.78, 5) is 58.0. The fourth-order valence-electron chi connectivity index (χ4n) is 2.65. The number of rotatable bonds is 2. The van der Waals surface area contributed by atoms with Crippen molar-refractivity contribution in [3.8, 4) is 0 Å². The van der Waals surface area contributed by atoms with Crippen LogP contribution >= 0.6 is 0 Å². The molecule has 0 aromatic heterocycles. The molecule has 2 heterocycles. The van der Waals surface area contributed by atoms with E-state index in [1.165, 1.54) is 0 Å². The highest BCUT2D eigenvalue weighted by atomic mass is 19.1. The lowest BCUT2D eigenvalue weighted by Gasteiger charge is -2.35. The number of hydrogen-bond acceptors (Lipinski definition) is 7. The summed E-state index contributed by atoms with van der Waals surface area (Å²) in [5, 5.41) is 21.8. The number of aliphatic hydroxyl groups is 1. The van der Waals surface area contributed by atoms with Gasteiger partial charge in [0.15, 0.2) is 12.0 Å². The molecule has 2 aliphatic heterocycles. The van der Waals surface area contributed by atoms with E-state index in [1.807, 2.05) is 0 Å². The number of amides is 3. The maximum atomic E-state index is 15.1. The Morgan fingerprint density at radius 2 is 1.96 bits per heavy atom. The van der Waals surface area contributed by atoms with Gasteiger partial charge >= 0.3 is 0 Å². The quantitative estimate of drug-likeness (QED) is 0.313. The summed E-state index contributed by atoms with van der Waals surface area (Å²) >= 11 is 0. The fraction of sp³-hybridized carbons (Fsp3) is 0.231. The second kappa shape index (κ2) is 4.89. The van der Waals surface area contributed by atoms with Gasteiger partial charge in [-0.05, 0) is 6.07 Å². The molecule has 2 aliphatic rings. The van der Waals surface area contributed by atoms with Crippen LogP contribution < -0.4 is 5.32 Å². The van der Waals surface area contributed by atoms with Gasteiger partial charge in [-0.15, -0.1) is 0 Å². The number of benzene rings is 1. The molecule has 24 heavy (non-hydrogen) atoms. The fourth-order valence-corrected chi connectivity index (χ4v) is 2.65. The van der Waals surface area contributed by atoms with E-state index < -0.39 is 63.7 Å². The Kier molecular flexibility index (Phi) is 3.20. The number of fused-ring (bicyclic) bond motifs is 1. The lowest BCUT2D eigenvalue weighted by Crippen LogP contribution is -2.65. The highest BCUT2D eigenvalue weighted by molar-refractivity contribution is 6.25. The van der Waals surface area contributed by atoms with Gasteiger partial charge in [0.05, 0.1) is 16.9 Å². The van der Waals surface area contributed by atoms with Gasteiger partial charge < -0.3 is 10.4 Å². The Bertz CT molecular complexity index is 839. The number of alkyl halides is 1. The van der Waals surface area contributed by atoms with Crippen molar-refractivity contribution in [3.05, 3.63) is 39.4 Å². The minimum absolute atomic E-state index is 0.121. The van der Waals surface area contributed by atoms with Gasteiger partial charge in [0.25, 0.3) is 29.2 Å². The SMILES string of the molecule is O=C1CC(F)(N2C(=O)c3cccc([N+](=O)[O-])c3C2=O)C(=O)NC1O. The predicted octanol–water partition coefficient (Wildman–Crippen LogP) is -0.736. The maximum Gasteiger partial charge on any atom is 0.282 e. The Morgan fingerprint density at radius 3 is 2.58 bits per heavy atom. The van der Waals surface area contributed by atoms with Crippen LogP contribution in [0, 0.1) is 10.1 Å². The van der Waals surface area contributed by atoms with Crippen molar-refractivity contribution in [3.63, 3.8) is 0 Å². The average Bonchev–Trinajstić information content (AvgIpc) is 2.77. The molecule has 124 valence electrons. The number of halogens is 1. The number of imide groups is 1. The van der Waals surface area contributed by atoms with Crippen LogP contribution in [0.15, 0.2) is 18.2 Å². The zero-order chi connectivity index (χ0) is 17.8. The Morgan fingerprint density at radius 1 is 1.29 bits per heavy atom. The first kappa shape index (κ1) is 15.7. The Labute approximate surface area is 132 Å². The normalized spacial score (nSPS) is 26.4. The van der Waals surface area contributed by atoms with Crippen LogP contribution in [-0.4, -0.2) is 50.5 Å². The number of nitrogens with zero attached hydrogens (tertiary/aromatic N) is 2. The van der Waals surface area contributed by atoms with Crippen LogP contribution in [0.1, 0.15) is 27.1 Å². The van der Waals surface area contributed by atoms with Crippen molar-refractivity contribution >= 4 is 29.2 Å². The van der Waals surface area contributed by atoms with Crippen LogP contribution in [0.25, 0.3) is 0 Å². The van der Waals surface area contributed by atoms with E-state index in [0.29, 0.717) is 0 Å². The second-order valence-corrected chi connectivity index (χ2v) is 5.18. The van der Waals surface area contributed by atoms with E-state index in [-0.39, 0.29) is 4.90 Å². The number of nitrogens with one attached hydrogen (secondary N) is 1. The minimum atomic E-state index is -3.38. The molecule has 1 saturated heterocycles. The number of piperidine rings is 1. The van der Waals surface area contributed by atoms with E-state index in [2.05, 4.69) is 0 Å². The molecule has 0 spiro atoms. The molecule has 2 atom stereocenters. The standard InChI is InChI=1S/C13H8FN3O7/c14-13(4-7(18)9(19)15-12(13)22)16-10(20)5-2-1-3-6(17(23)24)8(5)11(16)21/h1-3,9,19H,4H2,(H,15,22). The van der Waals surface area contributed by atoms with Crippen LogP contribution in [0.4, 0.5) is 10.1 Å². The third kappa shape index (κ3) is 1.91. The topological polar surface area (TPSA) is 147 Å². The van der Waals surface area contributed by atoms with E-state index >= 15 is 4.39 Å².